The van der Waals surface area contributed by atoms with Crippen LogP contribution < -0.4 is 10.1 Å². The Kier molecular flexibility index (Phi) is 7.49. The van der Waals surface area contributed by atoms with E-state index in [2.05, 4.69) is 33.5 Å². The molecule has 0 saturated carbocycles. The Morgan fingerprint density at radius 3 is 2.67 bits per heavy atom. The lowest BCUT2D eigenvalue weighted by molar-refractivity contribution is -0.113. The molecule has 1 amide bonds. The maximum absolute atomic E-state index is 12.3. The van der Waals surface area contributed by atoms with Gasteiger partial charge in [0.1, 0.15) is 5.75 Å². The third-order valence-corrected chi connectivity index (χ3v) is 5.01. The van der Waals surface area contributed by atoms with Crippen LogP contribution >= 0.6 is 23.4 Å². The number of nitrogens with one attached hydrogen (secondary N) is 1. The van der Waals surface area contributed by atoms with E-state index in [9.17, 15) is 13.6 Å². The number of carbonyl (C=O) groups is 1. The van der Waals surface area contributed by atoms with Crippen LogP contribution in [0.3, 0.4) is 0 Å². The summed E-state index contributed by atoms with van der Waals surface area (Å²) in [6.07, 6.45) is 0. The van der Waals surface area contributed by atoms with Crippen molar-refractivity contribution in [3.8, 4) is 5.75 Å². The molecule has 0 bridgehead atoms. The van der Waals surface area contributed by atoms with E-state index in [1.807, 2.05) is 13.8 Å². The molecule has 0 aliphatic heterocycles. The first-order chi connectivity index (χ1) is 12.7. The minimum atomic E-state index is -2.96. The maximum atomic E-state index is 12.3. The molecule has 1 heterocycles. The number of alkyl halides is 2. The number of aryl methyl sites for hydroxylation is 1. The maximum Gasteiger partial charge on any atom is 0.387 e. The van der Waals surface area contributed by atoms with E-state index in [-0.39, 0.29) is 22.4 Å². The van der Waals surface area contributed by atoms with Gasteiger partial charge < -0.3 is 14.6 Å². The van der Waals surface area contributed by atoms with E-state index in [0.717, 1.165) is 23.1 Å². The van der Waals surface area contributed by atoms with Crippen LogP contribution in [-0.4, -0.2) is 27.8 Å². The Labute approximate surface area is 166 Å². The van der Waals surface area contributed by atoms with Crippen molar-refractivity contribution in [3.05, 3.63) is 34.6 Å². The predicted molar refractivity (Wildman–Crippen MR) is 104 cm³/mol. The molecule has 0 radical (unpaired) electrons. The fourth-order valence-electron chi connectivity index (χ4n) is 2.41. The van der Waals surface area contributed by atoms with E-state index in [4.69, 9.17) is 11.6 Å². The third-order valence-electron chi connectivity index (χ3n) is 3.73. The SMILES string of the molecule is Cc1nc(SCC(=O)Nc2ccc(OC(F)F)c(Cl)c2)n(CC(C)C)c1C. The van der Waals surface area contributed by atoms with Crippen LogP contribution in [0.2, 0.25) is 5.02 Å². The number of anilines is 1. The number of carbonyl (C=O) groups excluding carboxylic acids is 1. The van der Waals surface area contributed by atoms with E-state index in [1.165, 1.54) is 30.0 Å². The van der Waals surface area contributed by atoms with Crippen molar-refractivity contribution in [2.75, 3.05) is 11.1 Å². The van der Waals surface area contributed by atoms with Gasteiger partial charge in [0.25, 0.3) is 0 Å². The predicted octanol–water partition coefficient (Wildman–Crippen LogP) is 5.14. The Hall–Kier alpha value is -1.80. The van der Waals surface area contributed by atoms with Gasteiger partial charge in [-0.15, -0.1) is 0 Å². The summed E-state index contributed by atoms with van der Waals surface area (Å²) in [6, 6.07) is 4.12. The monoisotopic (exact) mass is 417 g/mol. The Morgan fingerprint density at radius 1 is 1.37 bits per heavy atom. The van der Waals surface area contributed by atoms with Crippen LogP contribution in [0, 0.1) is 19.8 Å². The molecule has 1 N–H and O–H groups in total. The zero-order chi connectivity index (χ0) is 20.1. The molecule has 1 aromatic heterocycles. The summed E-state index contributed by atoms with van der Waals surface area (Å²) in [5.41, 5.74) is 2.44. The second-order valence-electron chi connectivity index (χ2n) is 6.43. The highest BCUT2D eigenvalue weighted by atomic mass is 35.5. The second kappa shape index (κ2) is 9.41. The average molecular weight is 418 g/mol. The lowest BCUT2D eigenvalue weighted by Crippen LogP contribution is -2.15. The van der Waals surface area contributed by atoms with Crippen molar-refractivity contribution in [2.45, 2.75) is 46.0 Å². The normalized spacial score (nSPS) is 11.3. The fourth-order valence-corrected chi connectivity index (χ4v) is 3.54. The number of halogens is 3. The number of nitrogens with zero attached hydrogens (tertiary/aromatic N) is 2. The van der Waals surface area contributed by atoms with Crippen molar-refractivity contribution in [1.29, 1.82) is 0 Å². The lowest BCUT2D eigenvalue weighted by Gasteiger charge is -2.12. The van der Waals surface area contributed by atoms with Crippen molar-refractivity contribution in [1.82, 2.24) is 9.55 Å². The Balaban J connectivity index is 1.99. The molecule has 27 heavy (non-hydrogen) atoms. The summed E-state index contributed by atoms with van der Waals surface area (Å²) in [5, 5.41) is 3.49. The van der Waals surface area contributed by atoms with Crippen molar-refractivity contribution in [3.63, 3.8) is 0 Å². The van der Waals surface area contributed by atoms with Crippen molar-refractivity contribution < 1.29 is 18.3 Å². The van der Waals surface area contributed by atoms with Gasteiger partial charge in [-0.2, -0.15) is 8.78 Å². The number of rotatable bonds is 8. The molecule has 0 saturated heterocycles. The number of imidazole rings is 1. The summed E-state index contributed by atoms with van der Waals surface area (Å²) in [7, 11) is 0. The van der Waals surface area contributed by atoms with Gasteiger partial charge in [0, 0.05) is 17.9 Å². The number of thioether (sulfide) groups is 1. The number of aromatic nitrogens is 2. The number of hydrogen-bond donors (Lipinski definition) is 1. The van der Waals surface area contributed by atoms with Gasteiger partial charge in [0.05, 0.1) is 16.5 Å². The fraction of sp³-hybridized carbons (Fsp3) is 0.444. The molecule has 2 aromatic rings. The number of ether oxygens (including phenoxy) is 1. The number of amides is 1. The molecule has 0 spiro atoms. The molecule has 9 heteroatoms. The van der Waals surface area contributed by atoms with Gasteiger partial charge >= 0.3 is 6.61 Å². The van der Waals surface area contributed by atoms with Crippen molar-refractivity contribution in [2.24, 2.45) is 5.92 Å². The minimum absolute atomic E-state index is 0.000482. The zero-order valence-corrected chi connectivity index (χ0v) is 17.1. The van der Waals surface area contributed by atoms with Gasteiger partial charge in [0.2, 0.25) is 5.91 Å². The molecule has 0 atom stereocenters. The highest BCUT2D eigenvalue weighted by Gasteiger charge is 2.15. The molecule has 0 unspecified atom stereocenters. The largest absolute Gasteiger partial charge is 0.433 e. The minimum Gasteiger partial charge on any atom is -0.433 e. The summed E-state index contributed by atoms with van der Waals surface area (Å²) < 4.78 is 30.9. The molecule has 0 aliphatic carbocycles. The van der Waals surface area contributed by atoms with Gasteiger partial charge in [-0.05, 0) is 38.0 Å². The first kappa shape index (κ1) is 21.5. The van der Waals surface area contributed by atoms with Crippen molar-refractivity contribution >= 4 is 35.0 Å². The Bertz CT molecular complexity index is 812. The average Bonchev–Trinajstić information content (AvgIpc) is 2.82. The van der Waals surface area contributed by atoms with Crippen LogP contribution in [0.25, 0.3) is 0 Å². The summed E-state index contributed by atoms with van der Waals surface area (Å²) in [4.78, 5) is 16.8. The van der Waals surface area contributed by atoms with Crippen LogP contribution in [0.1, 0.15) is 25.2 Å². The van der Waals surface area contributed by atoms with Gasteiger partial charge in [-0.25, -0.2) is 4.98 Å². The van der Waals surface area contributed by atoms with Gasteiger partial charge in [0.15, 0.2) is 5.16 Å². The molecule has 0 fully saturated rings. The number of hydrogen-bond acceptors (Lipinski definition) is 4. The van der Waals surface area contributed by atoms with Gasteiger partial charge in [-0.3, -0.25) is 4.79 Å². The van der Waals surface area contributed by atoms with Crippen LogP contribution in [0.5, 0.6) is 5.75 Å². The first-order valence-corrected chi connectivity index (χ1v) is 9.74. The number of benzene rings is 1. The smallest absolute Gasteiger partial charge is 0.387 e. The molecule has 0 aliphatic rings. The van der Waals surface area contributed by atoms with E-state index in [1.54, 1.807) is 0 Å². The summed E-state index contributed by atoms with van der Waals surface area (Å²) in [6.45, 7) is 6.09. The molecular formula is C18H22ClF2N3O2S. The van der Waals surface area contributed by atoms with Gasteiger partial charge in [-0.1, -0.05) is 37.2 Å². The Morgan fingerprint density at radius 2 is 2.07 bits per heavy atom. The summed E-state index contributed by atoms with van der Waals surface area (Å²) in [5.74, 6) is 0.247. The van der Waals surface area contributed by atoms with E-state index >= 15 is 0 Å². The quantitative estimate of drug-likeness (QED) is 0.604. The summed E-state index contributed by atoms with van der Waals surface area (Å²) >= 11 is 7.24. The molecule has 148 valence electrons. The molecule has 2 rings (SSSR count). The van der Waals surface area contributed by atoms with Crippen LogP contribution in [-0.2, 0) is 11.3 Å². The highest BCUT2D eigenvalue weighted by Crippen LogP contribution is 2.29. The topological polar surface area (TPSA) is 56.1 Å². The lowest BCUT2D eigenvalue weighted by atomic mass is 10.2. The first-order valence-electron chi connectivity index (χ1n) is 8.38. The molecule has 5 nitrogen and oxygen atoms in total. The highest BCUT2D eigenvalue weighted by molar-refractivity contribution is 7.99. The third kappa shape index (κ3) is 6.10. The standard InChI is InChI=1S/C18H22ClF2N3O2S/c1-10(2)8-24-12(4)11(3)22-18(24)27-9-16(25)23-13-5-6-15(14(19)7-13)26-17(20)21/h5-7,10,17H,8-9H2,1-4H3,(H,23,25). The zero-order valence-electron chi connectivity index (χ0n) is 15.6. The van der Waals surface area contributed by atoms with Crippen LogP contribution in [0.15, 0.2) is 23.4 Å². The van der Waals surface area contributed by atoms with Crippen LogP contribution in [0.4, 0.5) is 14.5 Å². The molecule has 1 aromatic carbocycles. The van der Waals surface area contributed by atoms with E-state index < -0.39 is 6.61 Å². The van der Waals surface area contributed by atoms with E-state index in [0.29, 0.717) is 11.6 Å². The second-order valence-corrected chi connectivity index (χ2v) is 7.78. The molecular weight excluding hydrogens is 396 g/mol.